The van der Waals surface area contributed by atoms with Crippen LogP contribution in [0.4, 0.5) is 0 Å². The van der Waals surface area contributed by atoms with E-state index in [1.807, 2.05) is 36.4 Å². The highest BCUT2D eigenvalue weighted by molar-refractivity contribution is 9.10. The monoisotopic (exact) mass is 297 g/mol. The van der Waals surface area contributed by atoms with Crippen molar-refractivity contribution < 1.29 is 0 Å². The van der Waals surface area contributed by atoms with Crippen molar-refractivity contribution in [1.82, 2.24) is 15.0 Å². The van der Waals surface area contributed by atoms with Crippen LogP contribution in [-0.2, 0) is 0 Å². The third-order valence-electron chi connectivity index (χ3n) is 3.06. The maximum Gasteiger partial charge on any atom is 0.157 e. The van der Waals surface area contributed by atoms with E-state index in [9.17, 15) is 0 Å². The lowest BCUT2D eigenvalue weighted by atomic mass is 10.2. The second kappa shape index (κ2) is 3.53. The first kappa shape index (κ1) is 10.0. The fraction of sp³-hybridized carbons (Fsp3) is 0. The van der Waals surface area contributed by atoms with E-state index in [1.165, 1.54) is 0 Å². The number of aromatic nitrogens is 3. The van der Waals surface area contributed by atoms with Gasteiger partial charge in [-0.15, -0.1) is 0 Å². The second-order valence-electron chi connectivity index (χ2n) is 4.22. The number of H-pyrrole nitrogens is 1. The quantitative estimate of drug-likeness (QED) is 0.532. The van der Waals surface area contributed by atoms with E-state index in [1.54, 1.807) is 0 Å². The van der Waals surface area contributed by atoms with Crippen LogP contribution in [0.3, 0.4) is 0 Å². The number of nitrogens with zero attached hydrogens (tertiary/aromatic N) is 2. The first-order valence-electron chi connectivity index (χ1n) is 5.65. The molecule has 18 heavy (non-hydrogen) atoms. The third-order valence-corrected chi connectivity index (χ3v) is 3.55. The van der Waals surface area contributed by atoms with Crippen molar-refractivity contribution in [3.8, 4) is 0 Å². The lowest BCUT2D eigenvalue weighted by Crippen LogP contribution is -1.84. The normalized spacial score (nSPS) is 11.6. The van der Waals surface area contributed by atoms with E-state index >= 15 is 0 Å². The van der Waals surface area contributed by atoms with Crippen molar-refractivity contribution in [3.05, 3.63) is 46.9 Å². The van der Waals surface area contributed by atoms with Crippen molar-refractivity contribution in [2.24, 2.45) is 0 Å². The molecule has 3 nitrogen and oxygen atoms in total. The van der Waals surface area contributed by atoms with Gasteiger partial charge in [-0.05, 0) is 30.3 Å². The fourth-order valence-electron chi connectivity index (χ4n) is 2.23. The summed E-state index contributed by atoms with van der Waals surface area (Å²) in [5.41, 5.74) is 4.65. The predicted molar refractivity (Wildman–Crippen MR) is 76.6 cm³/mol. The van der Waals surface area contributed by atoms with Gasteiger partial charge in [0.25, 0.3) is 0 Å². The number of nitrogens with one attached hydrogen (secondary N) is 1. The Kier molecular flexibility index (Phi) is 1.96. The van der Waals surface area contributed by atoms with Crippen molar-refractivity contribution in [2.75, 3.05) is 0 Å². The van der Waals surface area contributed by atoms with E-state index in [-0.39, 0.29) is 0 Å². The summed E-state index contributed by atoms with van der Waals surface area (Å²) in [5.74, 6) is 0. The van der Waals surface area contributed by atoms with Gasteiger partial charge in [0.15, 0.2) is 5.65 Å². The SMILES string of the molecule is Brc1ccc2c(c1)[nH]c1nc3ccccc3nc12. The van der Waals surface area contributed by atoms with Gasteiger partial charge in [0, 0.05) is 9.86 Å². The van der Waals surface area contributed by atoms with Crippen molar-refractivity contribution in [3.63, 3.8) is 0 Å². The van der Waals surface area contributed by atoms with Crippen LogP contribution < -0.4 is 0 Å². The first-order chi connectivity index (χ1) is 8.81. The molecule has 4 rings (SSSR count). The van der Waals surface area contributed by atoms with Crippen molar-refractivity contribution in [2.45, 2.75) is 0 Å². The molecule has 0 bridgehead atoms. The molecule has 86 valence electrons. The number of rotatable bonds is 0. The summed E-state index contributed by atoms with van der Waals surface area (Å²) < 4.78 is 1.05. The molecule has 4 aromatic rings. The summed E-state index contributed by atoms with van der Waals surface area (Å²) in [7, 11) is 0. The predicted octanol–water partition coefficient (Wildman–Crippen LogP) is 4.03. The topological polar surface area (TPSA) is 41.6 Å². The highest BCUT2D eigenvalue weighted by atomic mass is 79.9. The van der Waals surface area contributed by atoms with E-state index in [4.69, 9.17) is 0 Å². The van der Waals surface area contributed by atoms with Crippen molar-refractivity contribution in [1.29, 1.82) is 0 Å². The number of hydrogen-bond donors (Lipinski definition) is 1. The van der Waals surface area contributed by atoms with Gasteiger partial charge in [-0.25, -0.2) is 9.97 Å². The summed E-state index contributed by atoms with van der Waals surface area (Å²) in [6, 6.07) is 14.0. The molecular formula is C14H8BrN3. The zero-order valence-electron chi connectivity index (χ0n) is 9.31. The molecule has 0 saturated carbocycles. The van der Waals surface area contributed by atoms with E-state index in [2.05, 4.69) is 36.9 Å². The highest BCUT2D eigenvalue weighted by Gasteiger charge is 2.08. The van der Waals surface area contributed by atoms with E-state index in [0.717, 1.165) is 37.6 Å². The molecular weight excluding hydrogens is 290 g/mol. The lowest BCUT2D eigenvalue weighted by molar-refractivity contribution is 1.36. The average molecular weight is 298 g/mol. The minimum atomic E-state index is 0.835. The molecule has 0 amide bonds. The van der Waals surface area contributed by atoms with Crippen molar-refractivity contribution >= 4 is 49.0 Å². The van der Waals surface area contributed by atoms with Crippen LogP contribution in [0.2, 0.25) is 0 Å². The second-order valence-corrected chi connectivity index (χ2v) is 5.14. The zero-order chi connectivity index (χ0) is 12.1. The van der Waals surface area contributed by atoms with Gasteiger partial charge in [0.05, 0.1) is 16.6 Å². The Labute approximate surface area is 111 Å². The molecule has 1 N–H and O–H groups in total. The molecule has 0 saturated heterocycles. The molecule has 2 heterocycles. The molecule has 0 aliphatic rings. The van der Waals surface area contributed by atoms with Gasteiger partial charge in [0.1, 0.15) is 5.52 Å². The van der Waals surface area contributed by atoms with Gasteiger partial charge in [0.2, 0.25) is 0 Å². The number of para-hydroxylation sites is 2. The average Bonchev–Trinajstić information content (AvgIpc) is 2.72. The van der Waals surface area contributed by atoms with Crippen LogP contribution in [0.1, 0.15) is 0 Å². The van der Waals surface area contributed by atoms with Crippen LogP contribution in [0.25, 0.3) is 33.1 Å². The number of hydrogen-bond acceptors (Lipinski definition) is 2. The maximum absolute atomic E-state index is 4.69. The number of fused-ring (bicyclic) bond motifs is 4. The van der Waals surface area contributed by atoms with Gasteiger partial charge >= 0.3 is 0 Å². The largest absolute Gasteiger partial charge is 0.338 e. The van der Waals surface area contributed by atoms with Crippen LogP contribution >= 0.6 is 15.9 Å². The molecule has 0 aliphatic heterocycles. The Bertz CT molecular complexity index is 895. The van der Waals surface area contributed by atoms with Gasteiger partial charge in [-0.2, -0.15) is 0 Å². The van der Waals surface area contributed by atoms with E-state index < -0.39 is 0 Å². The Morgan fingerprint density at radius 2 is 1.72 bits per heavy atom. The highest BCUT2D eigenvalue weighted by Crippen LogP contribution is 2.26. The van der Waals surface area contributed by atoms with Gasteiger partial charge in [-0.1, -0.05) is 28.1 Å². The summed E-state index contributed by atoms with van der Waals surface area (Å²) in [5, 5.41) is 1.10. The van der Waals surface area contributed by atoms with Crippen LogP contribution in [-0.4, -0.2) is 15.0 Å². The molecule has 0 fully saturated rings. The molecule has 0 aliphatic carbocycles. The number of benzene rings is 2. The Hall–Kier alpha value is -1.94. The Balaban J connectivity index is 2.23. The summed E-state index contributed by atoms with van der Waals surface area (Å²) in [6.45, 7) is 0. The van der Waals surface area contributed by atoms with Crippen LogP contribution in [0.5, 0.6) is 0 Å². The fourth-order valence-corrected chi connectivity index (χ4v) is 2.59. The molecule has 0 radical (unpaired) electrons. The zero-order valence-corrected chi connectivity index (χ0v) is 10.9. The molecule has 2 aromatic carbocycles. The summed E-state index contributed by atoms with van der Waals surface area (Å²) >= 11 is 3.47. The summed E-state index contributed by atoms with van der Waals surface area (Å²) in [6.07, 6.45) is 0. The van der Waals surface area contributed by atoms with Crippen LogP contribution in [0.15, 0.2) is 46.9 Å². The molecule has 0 spiro atoms. The molecule has 0 unspecified atom stereocenters. The minimum absolute atomic E-state index is 0.835. The van der Waals surface area contributed by atoms with Gasteiger partial charge < -0.3 is 4.98 Å². The first-order valence-corrected chi connectivity index (χ1v) is 6.44. The van der Waals surface area contributed by atoms with Gasteiger partial charge in [-0.3, -0.25) is 0 Å². The maximum atomic E-state index is 4.69. The minimum Gasteiger partial charge on any atom is -0.338 e. The van der Waals surface area contributed by atoms with Crippen LogP contribution in [0, 0.1) is 0 Å². The number of halogens is 1. The van der Waals surface area contributed by atoms with E-state index in [0.29, 0.717) is 0 Å². The summed E-state index contributed by atoms with van der Waals surface area (Å²) in [4.78, 5) is 12.6. The molecule has 4 heteroatoms. The molecule has 0 atom stereocenters. The lowest BCUT2D eigenvalue weighted by Gasteiger charge is -1.96. The third kappa shape index (κ3) is 1.36. The standard InChI is InChI=1S/C14H8BrN3/c15-8-5-6-9-12(7-8)18-14-13(9)16-10-3-1-2-4-11(10)17-14/h1-7H,(H,17,18). The smallest absolute Gasteiger partial charge is 0.157 e. The molecule has 2 aromatic heterocycles. The Morgan fingerprint density at radius 3 is 2.56 bits per heavy atom. The number of aromatic amines is 1. The Morgan fingerprint density at radius 1 is 0.944 bits per heavy atom.